The molecule has 2 aliphatic rings. The van der Waals surface area contributed by atoms with Crippen LogP contribution in [0.15, 0.2) is 0 Å². The van der Waals surface area contributed by atoms with Crippen LogP contribution in [0, 0.1) is 10.8 Å². The maximum Gasteiger partial charge on any atom is 0.306 e. The molecule has 0 spiro atoms. The third kappa shape index (κ3) is 1.47. The zero-order valence-electron chi connectivity index (χ0n) is 8.72. The zero-order valence-corrected chi connectivity index (χ0v) is 8.72. The molecule has 0 amide bonds. The fraction of sp³-hybridized carbons (Fsp3) is 0.909. The van der Waals surface area contributed by atoms with Crippen molar-refractivity contribution in [3.05, 3.63) is 0 Å². The van der Waals surface area contributed by atoms with Gasteiger partial charge in [-0.1, -0.05) is 20.8 Å². The summed E-state index contributed by atoms with van der Waals surface area (Å²) in [5.41, 5.74) is 0.501. The minimum atomic E-state index is 0.00481. The maximum atomic E-state index is 11.2. The van der Waals surface area contributed by atoms with Gasteiger partial charge in [0, 0.05) is 5.41 Å². The summed E-state index contributed by atoms with van der Waals surface area (Å²) >= 11 is 0. The Labute approximate surface area is 79.7 Å². The molecular weight excluding hydrogens is 164 g/mol. The normalized spacial score (nSPS) is 42.7. The fourth-order valence-electron chi connectivity index (χ4n) is 2.55. The predicted molar refractivity (Wildman–Crippen MR) is 50.2 cm³/mol. The molecule has 0 bridgehead atoms. The van der Waals surface area contributed by atoms with Gasteiger partial charge >= 0.3 is 5.97 Å². The molecule has 13 heavy (non-hydrogen) atoms. The van der Waals surface area contributed by atoms with Crippen molar-refractivity contribution in [2.24, 2.45) is 10.8 Å². The molecule has 2 fully saturated rings. The van der Waals surface area contributed by atoms with Crippen LogP contribution < -0.4 is 0 Å². The molecule has 1 aliphatic carbocycles. The van der Waals surface area contributed by atoms with E-state index in [4.69, 9.17) is 4.74 Å². The van der Waals surface area contributed by atoms with Gasteiger partial charge in [-0.05, 0) is 24.7 Å². The third-order valence-corrected chi connectivity index (χ3v) is 3.71. The number of hydrogen-bond acceptors (Lipinski definition) is 2. The molecule has 2 unspecified atom stereocenters. The topological polar surface area (TPSA) is 26.3 Å². The number of ether oxygens (including phenoxy) is 1. The van der Waals surface area contributed by atoms with E-state index in [1.807, 2.05) is 0 Å². The lowest BCUT2D eigenvalue weighted by molar-refractivity contribution is -0.143. The summed E-state index contributed by atoms with van der Waals surface area (Å²) < 4.78 is 5.36. The first-order chi connectivity index (χ1) is 5.91. The van der Waals surface area contributed by atoms with E-state index in [9.17, 15) is 4.79 Å². The largest absolute Gasteiger partial charge is 0.462 e. The van der Waals surface area contributed by atoms with Crippen molar-refractivity contribution >= 4 is 5.97 Å². The molecule has 2 atom stereocenters. The highest BCUT2D eigenvalue weighted by molar-refractivity contribution is 5.73. The number of rotatable bonds is 0. The van der Waals surface area contributed by atoms with Crippen LogP contribution in [-0.4, -0.2) is 12.1 Å². The van der Waals surface area contributed by atoms with Crippen molar-refractivity contribution in [1.82, 2.24) is 0 Å². The number of fused-ring (bicyclic) bond motifs is 1. The van der Waals surface area contributed by atoms with Gasteiger partial charge in [0.25, 0.3) is 0 Å². The molecule has 0 aromatic carbocycles. The molecule has 2 nitrogen and oxygen atoms in total. The first kappa shape index (κ1) is 9.04. The average molecular weight is 182 g/mol. The second-order valence-corrected chi connectivity index (χ2v) is 5.68. The Morgan fingerprint density at radius 1 is 1.31 bits per heavy atom. The Morgan fingerprint density at radius 3 is 2.69 bits per heavy atom. The quantitative estimate of drug-likeness (QED) is 0.538. The van der Waals surface area contributed by atoms with Gasteiger partial charge in [-0.25, -0.2) is 0 Å². The van der Waals surface area contributed by atoms with E-state index in [-0.39, 0.29) is 17.5 Å². The van der Waals surface area contributed by atoms with E-state index < -0.39 is 0 Å². The van der Waals surface area contributed by atoms with Crippen LogP contribution in [0.1, 0.15) is 46.5 Å². The molecule has 0 N–H and O–H groups in total. The van der Waals surface area contributed by atoms with Gasteiger partial charge in [-0.15, -0.1) is 0 Å². The van der Waals surface area contributed by atoms with E-state index >= 15 is 0 Å². The van der Waals surface area contributed by atoms with Gasteiger partial charge in [-0.2, -0.15) is 0 Å². The van der Waals surface area contributed by atoms with Gasteiger partial charge in [0.2, 0.25) is 0 Å². The lowest BCUT2D eigenvalue weighted by Crippen LogP contribution is -2.38. The van der Waals surface area contributed by atoms with E-state index in [0.29, 0.717) is 11.8 Å². The standard InChI is InChI=1S/C11H18O2/c1-10(2)4-5-11(3)7-9(12)13-8(11)6-10/h8H,4-7H2,1-3H3. The molecule has 1 heterocycles. The summed E-state index contributed by atoms with van der Waals surface area (Å²) in [5.74, 6) is 0.00481. The molecule has 0 aromatic heterocycles. The summed E-state index contributed by atoms with van der Waals surface area (Å²) in [6, 6.07) is 0. The third-order valence-electron chi connectivity index (χ3n) is 3.71. The molecule has 1 aliphatic heterocycles. The van der Waals surface area contributed by atoms with Crippen LogP contribution in [0.4, 0.5) is 0 Å². The van der Waals surface area contributed by atoms with Gasteiger partial charge < -0.3 is 4.74 Å². The smallest absolute Gasteiger partial charge is 0.306 e. The lowest BCUT2D eigenvalue weighted by atomic mass is 9.64. The number of hydrogen-bond donors (Lipinski definition) is 0. The van der Waals surface area contributed by atoms with Gasteiger partial charge in [0.1, 0.15) is 6.10 Å². The van der Waals surface area contributed by atoms with Gasteiger partial charge in [0.15, 0.2) is 0 Å². The second-order valence-electron chi connectivity index (χ2n) is 5.68. The summed E-state index contributed by atoms with van der Waals surface area (Å²) in [6.45, 7) is 6.72. The summed E-state index contributed by atoms with van der Waals surface area (Å²) in [6.07, 6.45) is 4.21. The Morgan fingerprint density at radius 2 is 2.00 bits per heavy atom. The highest BCUT2D eigenvalue weighted by Gasteiger charge is 2.50. The number of esters is 1. The molecule has 0 radical (unpaired) electrons. The van der Waals surface area contributed by atoms with Crippen LogP contribution >= 0.6 is 0 Å². The molecule has 2 rings (SSSR count). The SMILES string of the molecule is CC1(C)CCC2(C)CC(=O)OC2C1. The molecule has 0 aromatic rings. The van der Waals surface area contributed by atoms with Crippen LogP contribution in [0.5, 0.6) is 0 Å². The predicted octanol–water partition coefficient (Wildman–Crippen LogP) is 2.52. The van der Waals surface area contributed by atoms with E-state index in [2.05, 4.69) is 20.8 Å². The van der Waals surface area contributed by atoms with Crippen LogP contribution in [0.2, 0.25) is 0 Å². The Kier molecular flexibility index (Phi) is 1.73. The summed E-state index contributed by atoms with van der Waals surface area (Å²) in [4.78, 5) is 11.2. The van der Waals surface area contributed by atoms with Crippen LogP contribution in [0.25, 0.3) is 0 Å². The first-order valence-corrected chi connectivity index (χ1v) is 5.11. The van der Waals surface area contributed by atoms with Gasteiger partial charge in [0.05, 0.1) is 6.42 Å². The molecular formula is C11H18O2. The molecule has 1 saturated heterocycles. The fourth-order valence-corrected chi connectivity index (χ4v) is 2.55. The number of carbonyl (C=O) groups excluding carboxylic acids is 1. The van der Waals surface area contributed by atoms with Gasteiger partial charge in [-0.3, -0.25) is 4.79 Å². The summed E-state index contributed by atoms with van der Waals surface area (Å²) in [7, 11) is 0. The monoisotopic (exact) mass is 182 g/mol. The average Bonchev–Trinajstić information content (AvgIpc) is 2.23. The number of carbonyl (C=O) groups is 1. The minimum absolute atomic E-state index is 0.00481. The summed E-state index contributed by atoms with van der Waals surface area (Å²) in [5, 5.41) is 0. The Bertz CT molecular complexity index is 244. The van der Waals surface area contributed by atoms with Crippen molar-refractivity contribution in [3.63, 3.8) is 0 Å². The Hall–Kier alpha value is -0.530. The highest BCUT2D eigenvalue weighted by Crippen LogP contribution is 2.51. The van der Waals surface area contributed by atoms with Crippen LogP contribution in [0.3, 0.4) is 0 Å². The lowest BCUT2D eigenvalue weighted by Gasteiger charge is -2.41. The van der Waals surface area contributed by atoms with Crippen molar-refractivity contribution in [2.75, 3.05) is 0 Å². The minimum Gasteiger partial charge on any atom is -0.462 e. The van der Waals surface area contributed by atoms with Crippen LogP contribution in [-0.2, 0) is 9.53 Å². The van der Waals surface area contributed by atoms with E-state index in [0.717, 1.165) is 12.8 Å². The van der Waals surface area contributed by atoms with Crippen molar-refractivity contribution < 1.29 is 9.53 Å². The highest BCUT2D eigenvalue weighted by atomic mass is 16.6. The Balaban J connectivity index is 2.18. The maximum absolute atomic E-state index is 11.2. The molecule has 1 saturated carbocycles. The second kappa shape index (κ2) is 2.49. The van der Waals surface area contributed by atoms with E-state index in [1.54, 1.807) is 0 Å². The van der Waals surface area contributed by atoms with E-state index in [1.165, 1.54) is 6.42 Å². The zero-order chi connectivity index (χ0) is 9.69. The van der Waals surface area contributed by atoms with Crippen molar-refractivity contribution in [2.45, 2.75) is 52.6 Å². The van der Waals surface area contributed by atoms with Crippen molar-refractivity contribution in [1.29, 1.82) is 0 Å². The molecule has 2 heteroatoms. The first-order valence-electron chi connectivity index (χ1n) is 5.11. The molecule has 74 valence electrons. The van der Waals surface area contributed by atoms with Crippen molar-refractivity contribution in [3.8, 4) is 0 Å².